The summed E-state index contributed by atoms with van der Waals surface area (Å²) in [7, 11) is 0. The van der Waals surface area contributed by atoms with Gasteiger partial charge < -0.3 is 10.2 Å². The van der Waals surface area contributed by atoms with Gasteiger partial charge in [0.2, 0.25) is 5.91 Å². The number of amides is 2. The smallest absolute Gasteiger partial charge is 0.255 e. The highest BCUT2D eigenvalue weighted by Crippen LogP contribution is 2.41. The molecule has 184 valence electrons. The van der Waals surface area contributed by atoms with Crippen LogP contribution in [0.5, 0.6) is 0 Å². The van der Waals surface area contributed by atoms with E-state index in [4.69, 9.17) is 0 Å². The van der Waals surface area contributed by atoms with Gasteiger partial charge in [-0.25, -0.2) is 0 Å². The van der Waals surface area contributed by atoms with Gasteiger partial charge in [0.1, 0.15) is 0 Å². The van der Waals surface area contributed by atoms with Crippen LogP contribution in [0, 0.1) is 5.92 Å². The average molecular weight is 472 g/mol. The van der Waals surface area contributed by atoms with Crippen molar-refractivity contribution in [3.63, 3.8) is 0 Å². The highest BCUT2D eigenvalue weighted by atomic mass is 16.2. The molecule has 1 unspecified atom stereocenters. The summed E-state index contributed by atoms with van der Waals surface area (Å²) in [4.78, 5) is 30.5. The third-order valence-corrected chi connectivity index (χ3v) is 8.95. The fourth-order valence-corrected chi connectivity index (χ4v) is 7.10. The van der Waals surface area contributed by atoms with Gasteiger partial charge >= 0.3 is 0 Å². The molecule has 35 heavy (non-hydrogen) atoms. The molecule has 0 radical (unpaired) electrons. The lowest BCUT2D eigenvalue weighted by Crippen LogP contribution is -2.44. The van der Waals surface area contributed by atoms with Gasteiger partial charge in [-0.2, -0.15) is 0 Å². The fraction of sp³-hybridized carbons (Fsp3) is 0.533. The van der Waals surface area contributed by atoms with Gasteiger partial charge in [-0.15, -0.1) is 0 Å². The van der Waals surface area contributed by atoms with Gasteiger partial charge in [-0.1, -0.05) is 44.2 Å². The third-order valence-electron chi connectivity index (χ3n) is 8.95. The van der Waals surface area contributed by atoms with Crippen molar-refractivity contribution < 1.29 is 9.59 Å². The predicted molar refractivity (Wildman–Crippen MR) is 140 cm³/mol. The number of anilines is 2. The highest BCUT2D eigenvalue weighted by molar-refractivity contribution is 6.04. The molecule has 1 atom stereocenters. The van der Waals surface area contributed by atoms with Crippen LogP contribution in [0.4, 0.5) is 11.4 Å². The zero-order valence-electron chi connectivity index (χ0n) is 20.6. The first-order valence-electron chi connectivity index (χ1n) is 13.7. The Bertz CT molecular complexity index is 1040. The summed E-state index contributed by atoms with van der Waals surface area (Å²) >= 11 is 0. The Morgan fingerprint density at radius 1 is 0.800 bits per heavy atom. The number of nitrogens with zero attached hydrogens (tertiary/aromatic N) is 2. The summed E-state index contributed by atoms with van der Waals surface area (Å²) < 4.78 is 0. The standard InChI is InChI=1S/C30H37N3O2/c34-29(23-8-6-22(7-9-23)20-21-4-2-1-3-5-21)31-24-10-12-25(13-11-24)32-19-18-28(30(32)35)33-26-14-15-27(33)17-16-26/h6-13,21,26-28H,1-5,14-20H2,(H,31,34). The molecule has 1 aliphatic carbocycles. The number of carbonyl (C=O) groups is 2. The molecule has 0 aromatic heterocycles. The van der Waals surface area contributed by atoms with Crippen LogP contribution in [0.25, 0.3) is 0 Å². The van der Waals surface area contributed by atoms with Crippen LogP contribution in [-0.4, -0.2) is 41.4 Å². The van der Waals surface area contributed by atoms with E-state index in [9.17, 15) is 9.59 Å². The largest absolute Gasteiger partial charge is 0.322 e. The molecular weight excluding hydrogens is 434 g/mol. The molecule has 6 rings (SSSR count). The molecule has 2 bridgehead atoms. The van der Waals surface area contributed by atoms with Gasteiger partial charge in [0.25, 0.3) is 5.91 Å². The third kappa shape index (κ3) is 4.63. The minimum atomic E-state index is -0.0937. The van der Waals surface area contributed by atoms with Crippen LogP contribution in [0.3, 0.4) is 0 Å². The molecule has 4 aliphatic rings. The maximum atomic E-state index is 13.2. The molecule has 2 aromatic rings. The van der Waals surface area contributed by atoms with E-state index in [2.05, 4.69) is 22.3 Å². The number of nitrogens with one attached hydrogen (secondary N) is 1. The second-order valence-electron chi connectivity index (χ2n) is 11.1. The Hall–Kier alpha value is -2.66. The number of rotatable bonds is 6. The van der Waals surface area contributed by atoms with Crippen LogP contribution >= 0.6 is 0 Å². The second kappa shape index (κ2) is 9.77. The van der Waals surface area contributed by atoms with Crippen molar-refractivity contribution in [2.75, 3.05) is 16.8 Å². The first kappa shape index (κ1) is 22.8. The van der Waals surface area contributed by atoms with Crippen molar-refractivity contribution in [1.29, 1.82) is 0 Å². The van der Waals surface area contributed by atoms with Crippen molar-refractivity contribution >= 4 is 23.2 Å². The van der Waals surface area contributed by atoms with E-state index in [0.29, 0.717) is 17.6 Å². The fourth-order valence-electron chi connectivity index (χ4n) is 7.10. The van der Waals surface area contributed by atoms with E-state index in [1.54, 1.807) is 0 Å². The highest BCUT2D eigenvalue weighted by Gasteiger charge is 2.48. The monoisotopic (exact) mass is 471 g/mol. The van der Waals surface area contributed by atoms with Crippen LogP contribution < -0.4 is 10.2 Å². The van der Waals surface area contributed by atoms with Crippen LogP contribution in [0.15, 0.2) is 48.5 Å². The number of fused-ring (bicyclic) bond motifs is 2. The van der Waals surface area contributed by atoms with Gasteiger partial charge in [0, 0.05) is 35.6 Å². The maximum Gasteiger partial charge on any atom is 0.255 e. The molecule has 1 N–H and O–H groups in total. The lowest BCUT2D eigenvalue weighted by atomic mass is 9.85. The zero-order valence-corrected chi connectivity index (χ0v) is 20.6. The summed E-state index contributed by atoms with van der Waals surface area (Å²) in [5, 5.41) is 3.01. The van der Waals surface area contributed by atoms with Crippen LogP contribution in [0.2, 0.25) is 0 Å². The number of carbonyl (C=O) groups excluding carboxylic acids is 2. The minimum absolute atomic E-state index is 0.0514. The second-order valence-corrected chi connectivity index (χ2v) is 11.1. The van der Waals surface area contributed by atoms with Gasteiger partial charge in [0.05, 0.1) is 6.04 Å². The molecule has 3 saturated heterocycles. The van der Waals surface area contributed by atoms with Crippen LogP contribution in [-0.2, 0) is 11.2 Å². The Morgan fingerprint density at radius 3 is 2.11 bits per heavy atom. The van der Waals surface area contributed by atoms with Crippen LogP contribution in [0.1, 0.15) is 80.1 Å². The summed E-state index contributed by atoms with van der Waals surface area (Å²) in [6.07, 6.45) is 13.8. The summed E-state index contributed by atoms with van der Waals surface area (Å²) in [5.41, 5.74) is 3.69. The zero-order chi connectivity index (χ0) is 23.8. The number of benzene rings is 2. The minimum Gasteiger partial charge on any atom is -0.322 e. The van der Waals surface area contributed by atoms with E-state index in [1.807, 2.05) is 41.3 Å². The molecule has 3 aliphatic heterocycles. The van der Waals surface area contributed by atoms with E-state index in [-0.39, 0.29) is 17.9 Å². The molecule has 1 saturated carbocycles. The Kier molecular flexibility index (Phi) is 6.36. The van der Waals surface area contributed by atoms with Crippen molar-refractivity contribution in [2.45, 2.75) is 88.8 Å². The van der Waals surface area contributed by atoms with E-state index in [1.165, 1.54) is 63.4 Å². The van der Waals surface area contributed by atoms with Gasteiger partial charge in [-0.3, -0.25) is 14.5 Å². The van der Waals surface area contributed by atoms with E-state index in [0.717, 1.165) is 36.7 Å². The summed E-state index contributed by atoms with van der Waals surface area (Å²) in [6.45, 7) is 0.776. The SMILES string of the molecule is O=C(Nc1ccc(N2CCC(N3C4CCC3CC4)C2=O)cc1)c1ccc(CC2CCCCC2)cc1. The predicted octanol–water partition coefficient (Wildman–Crippen LogP) is 5.79. The Balaban J connectivity index is 1.05. The topological polar surface area (TPSA) is 52.7 Å². The molecule has 5 heteroatoms. The first-order chi connectivity index (χ1) is 17.2. The molecule has 0 spiro atoms. The van der Waals surface area contributed by atoms with Gasteiger partial charge in [0.15, 0.2) is 0 Å². The Labute approximate surface area is 208 Å². The van der Waals surface area contributed by atoms with Crippen molar-refractivity contribution in [3.8, 4) is 0 Å². The van der Waals surface area contributed by atoms with Gasteiger partial charge in [-0.05, 0) is 86.4 Å². The molecule has 2 amide bonds. The van der Waals surface area contributed by atoms with Crippen molar-refractivity contribution in [3.05, 3.63) is 59.7 Å². The lowest BCUT2D eigenvalue weighted by molar-refractivity contribution is -0.122. The maximum absolute atomic E-state index is 13.2. The molecule has 3 heterocycles. The normalized spacial score (nSPS) is 27.0. The summed E-state index contributed by atoms with van der Waals surface area (Å²) in [6, 6.07) is 17.1. The number of hydrogen-bond donors (Lipinski definition) is 1. The van der Waals surface area contributed by atoms with E-state index < -0.39 is 0 Å². The summed E-state index contributed by atoms with van der Waals surface area (Å²) in [5.74, 6) is 0.947. The first-order valence-corrected chi connectivity index (χ1v) is 13.7. The van der Waals surface area contributed by atoms with Crippen molar-refractivity contribution in [2.24, 2.45) is 5.92 Å². The lowest BCUT2D eigenvalue weighted by Gasteiger charge is -2.27. The quantitative estimate of drug-likeness (QED) is 0.580. The molecular formula is C30H37N3O2. The number of hydrogen-bond acceptors (Lipinski definition) is 3. The molecule has 2 aromatic carbocycles. The van der Waals surface area contributed by atoms with Crippen molar-refractivity contribution in [1.82, 2.24) is 4.90 Å². The molecule has 4 fully saturated rings. The average Bonchev–Trinajstić information content (AvgIpc) is 3.59. The van der Waals surface area contributed by atoms with E-state index >= 15 is 0 Å². The molecule has 5 nitrogen and oxygen atoms in total. The Morgan fingerprint density at radius 2 is 1.46 bits per heavy atom.